The second-order valence-electron chi connectivity index (χ2n) is 4.52. The second-order valence-corrected chi connectivity index (χ2v) is 5.36. The van der Waals surface area contributed by atoms with Crippen molar-refractivity contribution in [1.82, 2.24) is 0 Å². The molecule has 1 aliphatic heterocycles. The number of halogens is 2. The normalized spacial score (nSPS) is 12.9. The lowest BCUT2D eigenvalue weighted by Crippen LogP contribution is -2.00. The van der Waals surface area contributed by atoms with E-state index in [1.807, 2.05) is 18.2 Å². The molecular weight excluding hydrogens is 281 g/mol. The molecule has 0 amide bonds. The Bertz CT molecular complexity index is 613. The van der Waals surface area contributed by atoms with Gasteiger partial charge in [0.1, 0.15) is 5.75 Å². The molecule has 1 heterocycles. The summed E-state index contributed by atoms with van der Waals surface area (Å²) in [5, 5.41) is 4.60. The molecule has 2 aromatic carbocycles. The second kappa shape index (κ2) is 5.32. The molecule has 0 atom stereocenters. The van der Waals surface area contributed by atoms with Crippen molar-refractivity contribution in [2.45, 2.75) is 13.0 Å². The van der Waals surface area contributed by atoms with E-state index in [4.69, 9.17) is 27.9 Å². The van der Waals surface area contributed by atoms with Crippen LogP contribution in [-0.4, -0.2) is 6.61 Å². The molecule has 0 bridgehead atoms. The first kappa shape index (κ1) is 12.6. The average molecular weight is 294 g/mol. The van der Waals surface area contributed by atoms with Gasteiger partial charge in [0.05, 0.1) is 17.3 Å². The maximum Gasteiger partial charge on any atom is 0.122 e. The van der Waals surface area contributed by atoms with Crippen LogP contribution in [0.25, 0.3) is 0 Å². The number of rotatable bonds is 3. The fourth-order valence-corrected chi connectivity index (χ4v) is 2.66. The predicted molar refractivity (Wildman–Crippen MR) is 79.4 cm³/mol. The smallest absolute Gasteiger partial charge is 0.122 e. The van der Waals surface area contributed by atoms with E-state index in [-0.39, 0.29) is 0 Å². The summed E-state index contributed by atoms with van der Waals surface area (Å²) < 4.78 is 5.49. The Morgan fingerprint density at radius 2 is 2.00 bits per heavy atom. The third kappa shape index (κ3) is 2.80. The summed E-state index contributed by atoms with van der Waals surface area (Å²) in [6.45, 7) is 1.52. The van der Waals surface area contributed by atoms with Gasteiger partial charge in [-0.25, -0.2) is 0 Å². The van der Waals surface area contributed by atoms with E-state index in [2.05, 4.69) is 17.4 Å². The van der Waals surface area contributed by atoms with E-state index < -0.39 is 0 Å². The zero-order chi connectivity index (χ0) is 13.2. The van der Waals surface area contributed by atoms with Crippen LogP contribution in [0.3, 0.4) is 0 Å². The third-order valence-electron chi connectivity index (χ3n) is 3.17. The lowest BCUT2D eigenvalue weighted by Gasteiger charge is -2.09. The van der Waals surface area contributed by atoms with Crippen molar-refractivity contribution >= 4 is 28.9 Å². The van der Waals surface area contributed by atoms with E-state index in [0.717, 1.165) is 31.0 Å². The van der Waals surface area contributed by atoms with Crippen LogP contribution in [0.15, 0.2) is 36.4 Å². The van der Waals surface area contributed by atoms with Gasteiger partial charge in [-0.1, -0.05) is 35.3 Å². The molecule has 0 saturated carbocycles. The highest BCUT2D eigenvalue weighted by Gasteiger charge is 2.11. The molecule has 19 heavy (non-hydrogen) atoms. The van der Waals surface area contributed by atoms with Crippen LogP contribution in [0, 0.1) is 0 Å². The Kier molecular flexibility index (Phi) is 3.54. The van der Waals surface area contributed by atoms with E-state index in [1.165, 1.54) is 11.1 Å². The number of fused-ring (bicyclic) bond motifs is 1. The van der Waals surface area contributed by atoms with Gasteiger partial charge in [-0.05, 0) is 35.4 Å². The molecule has 0 unspecified atom stereocenters. The van der Waals surface area contributed by atoms with Gasteiger partial charge in [-0.3, -0.25) is 0 Å². The number of hydrogen-bond donors (Lipinski definition) is 1. The maximum atomic E-state index is 6.12. The van der Waals surface area contributed by atoms with Gasteiger partial charge in [0.2, 0.25) is 0 Å². The Morgan fingerprint density at radius 3 is 2.84 bits per heavy atom. The van der Waals surface area contributed by atoms with Gasteiger partial charge in [-0.15, -0.1) is 0 Å². The summed E-state index contributed by atoms with van der Waals surface area (Å²) in [5.41, 5.74) is 3.39. The van der Waals surface area contributed by atoms with Crippen molar-refractivity contribution in [3.8, 4) is 5.75 Å². The molecule has 0 spiro atoms. The van der Waals surface area contributed by atoms with Crippen LogP contribution in [0.2, 0.25) is 10.0 Å². The molecule has 0 saturated heterocycles. The number of hydrogen-bond acceptors (Lipinski definition) is 2. The van der Waals surface area contributed by atoms with E-state index >= 15 is 0 Å². The largest absolute Gasteiger partial charge is 0.493 e. The molecule has 3 rings (SSSR count). The number of nitrogens with one attached hydrogen (secondary N) is 1. The molecule has 0 fully saturated rings. The quantitative estimate of drug-likeness (QED) is 0.897. The Morgan fingerprint density at radius 1 is 1.11 bits per heavy atom. The summed E-state index contributed by atoms with van der Waals surface area (Å²) in [6, 6.07) is 11.7. The fourth-order valence-electron chi connectivity index (χ4n) is 2.18. The first-order valence-electron chi connectivity index (χ1n) is 6.16. The minimum Gasteiger partial charge on any atom is -0.493 e. The summed E-state index contributed by atoms with van der Waals surface area (Å²) in [5.74, 6) is 1.01. The first-order valence-corrected chi connectivity index (χ1v) is 6.91. The van der Waals surface area contributed by atoms with Crippen molar-refractivity contribution in [2.24, 2.45) is 0 Å². The van der Waals surface area contributed by atoms with Crippen molar-refractivity contribution in [1.29, 1.82) is 0 Å². The number of anilines is 1. The highest BCUT2D eigenvalue weighted by Crippen LogP contribution is 2.28. The van der Waals surface area contributed by atoms with Crippen molar-refractivity contribution < 1.29 is 4.74 Å². The van der Waals surface area contributed by atoms with E-state index in [9.17, 15) is 0 Å². The van der Waals surface area contributed by atoms with Gasteiger partial charge >= 0.3 is 0 Å². The van der Waals surface area contributed by atoms with Crippen LogP contribution in [0.5, 0.6) is 5.75 Å². The minimum atomic E-state index is 0.636. The minimum absolute atomic E-state index is 0.636. The fraction of sp³-hybridized carbons (Fsp3) is 0.200. The first-order chi connectivity index (χ1) is 9.22. The molecule has 2 nitrogen and oxygen atoms in total. The molecule has 2 aromatic rings. The summed E-state index contributed by atoms with van der Waals surface area (Å²) in [7, 11) is 0. The lowest BCUT2D eigenvalue weighted by atomic mass is 10.1. The zero-order valence-electron chi connectivity index (χ0n) is 10.2. The van der Waals surface area contributed by atoms with Gasteiger partial charge in [0.15, 0.2) is 0 Å². The van der Waals surface area contributed by atoms with E-state index in [0.29, 0.717) is 10.0 Å². The Balaban J connectivity index is 1.72. The highest BCUT2D eigenvalue weighted by molar-refractivity contribution is 6.36. The SMILES string of the molecule is Clc1ccc(NCc2ccc3c(c2)CCO3)c(Cl)c1. The Labute approximate surface area is 122 Å². The van der Waals surface area contributed by atoms with Crippen LogP contribution in [-0.2, 0) is 13.0 Å². The third-order valence-corrected chi connectivity index (χ3v) is 3.72. The van der Waals surface area contributed by atoms with Gasteiger partial charge in [0, 0.05) is 18.0 Å². The van der Waals surface area contributed by atoms with Gasteiger partial charge < -0.3 is 10.1 Å². The van der Waals surface area contributed by atoms with Gasteiger partial charge in [-0.2, -0.15) is 0 Å². The molecule has 4 heteroatoms. The van der Waals surface area contributed by atoms with E-state index in [1.54, 1.807) is 6.07 Å². The van der Waals surface area contributed by atoms with Gasteiger partial charge in [0.25, 0.3) is 0 Å². The molecule has 0 aliphatic carbocycles. The summed E-state index contributed by atoms with van der Waals surface area (Å²) >= 11 is 12.0. The zero-order valence-corrected chi connectivity index (χ0v) is 11.8. The average Bonchev–Trinajstić information content (AvgIpc) is 2.85. The van der Waals surface area contributed by atoms with Crippen LogP contribution in [0.1, 0.15) is 11.1 Å². The molecule has 0 aromatic heterocycles. The molecule has 98 valence electrons. The molecular formula is C15H13Cl2NO. The number of ether oxygens (including phenoxy) is 1. The summed E-state index contributed by atoms with van der Waals surface area (Å²) in [6.07, 6.45) is 0.991. The van der Waals surface area contributed by atoms with Crippen LogP contribution < -0.4 is 10.1 Å². The van der Waals surface area contributed by atoms with Crippen LogP contribution >= 0.6 is 23.2 Å². The van der Waals surface area contributed by atoms with Crippen molar-refractivity contribution in [2.75, 3.05) is 11.9 Å². The Hall–Kier alpha value is -1.38. The van der Waals surface area contributed by atoms with Crippen molar-refractivity contribution in [3.05, 3.63) is 57.6 Å². The molecule has 0 radical (unpaired) electrons. The lowest BCUT2D eigenvalue weighted by molar-refractivity contribution is 0.357. The monoisotopic (exact) mass is 293 g/mol. The molecule has 1 N–H and O–H groups in total. The standard InChI is InChI=1S/C15H13Cl2NO/c16-12-2-3-14(13(17)8-12)18-9-10-1-4-15-11(7-10)5-6-19-15/h1-4,7-8,18H,5-6,9H2. The maximum absolute atomic E-state index is 6.12. The van der Waals surface area contributed by atoms with Crippen LogP contribution in [0.4, 0.5) is 5.69 Å². The van der Waals surface area contributed by atoms with Crippen molar-refractivity contribution in [3.63, 3.8) is 0 Å². The predicted octanol–water partition coefficient (Wildman–Crippen LogP) is 4.54. The highest BCUT2D eigenvalue weighted by atomic mass is 35.5. The molecule has 1 aliphatic rings. The topological polar surface area (TPSA) is 21.3 Å². The number of benzene rings is 2. The summed E-state index contributed by atoms with van der Waals surface area (Å²) in [4.78, 5) is 0.